The van der Waals surface area contributed by atoms with Crippen molar-refractivity contribution in [3.05, 3.63) is 44.3 Å². The number of benzene rings is 1. The van der Waals surface area contributed by atoms with Crippen LogP contribution in [-0.4, -0.2) is 23.8 Å². The predicted molar refractivity (Wildman–Crippen MR) is 92.8 cm³/mol. The fourth-order valence-corrected chi connectivity index (χ4v) is 2.65. The van der Waals surface area contributed by atoms with Crippen LogP contribution in [-0.2, 0) is 16.0 Å². The molecule has 1 heterocycles. The molecule has 2 rings (SSSR count). The van der Waals surface area contributed by atoms with Crippen molar-refractivity contribution in [3.8, 4) is 0 Å². The van der Waals surface area contributed by atoms with Crippen molar-refractivity contribution in [1.29, 1.82) is 0 Å². The highest BCUT2D eigenvalue weighted by atomic mass is 79.9. The van der Waals surface area contributed by atoms with Crippen LogP contribution in [0.25, 0.3) is 0 Å². The Morgan fingerprint density at radius 2 is 2.41 bits per heavy atom. The summed E-state index contributed by atoms with van der Waals surface area (Å²) in [4.78, 5) is 15.6. The van der Waals surface area contributed by atoms with Crippen LogP contribution in [0.4, 0.5) is 5.13 Å². The zero-order chi connectivity index (χ0) is 15.9. The average Bonchev–Trinajstić information content (AvgIpc) is 2.90. The van der Waals surface area contributed by atoms with E-state index in [2.05, 4.69) is 31.4 Å². The van der Waals surface area contributed by atoms with Crippen LogP contribution in [0.5, 0.6) is 0 Å². The number of thiazole rings is 1. The van der Waals surface area contributed by atoms with Crippen molar-refractivity contribution >= 4 is 56.2 Å². The highest BCUT2D eigenvalue weighted by Gasteiger charge is 2.07. The number of nitrogens with zero attached hydrogens (tertiary/aromatic N) is 2. The van der Waals surface area contributed by atoms with Gasteiger partial charge in [0.15, 0.2) is 0 Å². The molecular formula is C14H13BrClN3O2S. The Labute approximate surface area is 145 Å². The standard InChI is InChI=1S/C14H13BrClN3O2S/c1-2-21-13(20)6-10-8-22-14(18-10)19-17-7-9-3-4-11(15)12(16)5-9/h3-5,7-8H,2,6H2,1H3,(H,18,19). The quantitative estimate of drug-likeness (QED) is 0.449. The van der Waals surface area contributed by atoms with Gasteiger partial charge in [-0.1, -0.05) is 17.7 Å². The highest BCUT2D eigenvalue weighted by molar-refractivity contribution is 9.10. The first-order valence-electron chi connectivity index (χ1n) is 6.42. The number of hydrogen-bond donors (Lipinski definition) is 1. The monoisotopic (exact) mass is 401 g/mol. The molecule has 1 N–H and O–H groups in total. The van der Waals surface area contributed by atoms with Crippen LogP contribution in [0, 0.1) is 0 Å². The summed E-state index contributed by atoms with van der Waals surface area (Å²) in [5, 5.41) is 7.12. The molecule has 0 amide bonds. The van der Waals surface area contributed by atoms with Crippen LogP contribution in [0.15, 0.2) is 33.2 Å². The third-order valence-corrected chi connectivity index (χ3v) is 4.53. The lowest BCUT2D eigenvalue weighted by Crippen LogP contribution is -2.07. The number of anilines is 1. The van der Waals surface area contributed by atoms with Gasteiger partial charge in [0, 0.05) is 9.85 Å². The van der Waals surface area contributed by atoms with Gasteiger partial charge in [-0.2, -0.15) is 5.10 Å². The van der Waals surface area contributed by atoms with E-state index in [0.717, 1.165) is 10.0 Å². The molecule has 0 aliphatic heterocycles. The van der Waals surface area contributed by atoms with Crippen LogP contribution < -0.4 is 5.43 Å². The number of hydrazone groups is 1. The first-order valence-corrected chi connectivity index (χ1v) is 8.47. The molecule has 0 aliphatic carbocycles. The smallest absolute Gasteiger partial charge is 0.311 e. The Morgan fingerprint density at radius 3 is 3.14 bits per heavy atom. The summed E-state index contributed by atoms with van der Waals surface area (Å²) in [6.07, 6.45) is 1.81. The number of nitrogens with one attached hydrogen (secondary N) is 1. The molecule has 0 saturated heterocycles. The summed E-state index contributed by atoms with van der Waals surface area (Å²) >= 11 is 10.7. The second-order valence-corrected chi connectivity index (χ2v) is 6.29. The van der Waals surface area contributed by atoms with Gasteiger partial charge in [-0.25, -0.2) is 4.98 Å². The lowest BCUT2D eigenvalue weighted by molar-refractivity contribution is -0.142. The molecule has 0 fully saturated rings. The maximum atomic E-state index is 11.4. The van der Waals surface area contributed by atoms with E-state index in [-0.39, 0.29) is 12.4 Å². The average molecular weight is 403 g/mol. The molecule has 1 aromatic heterocycles. The first-order chi connectivity index (χ1) is 10.6. The zero-order valence-electron chi connectivity index (χ0n) is 11.7. The maximum absolute atomic E-state index is 11.4. The van der Waals surface area contributed by atoms with Gasteiger partial charge in [0.05, 0.1) is 30.0 Å². The highest BCUT2D eigenvalue weighted by Crippen LogP contribution is 2.22. The topological polar surface area (TPSA) is 63.6 Å². The number of carbonyl (C=O) groups excluding carboxylic acids is 1. The minimum absolute atomic E-state index is 0.165. The van der Waals surface area contributed by atoms with E-state index in [1.165, 1.54) is 11.3 Å². The summed E-state index contributed by atoms with van der Waals surface area (Å²) in [5.74, 6) is -0.285. The lowest BCUT2D eigenvalue weighted by Gasteiger charge is -1.98. The Hall–Kier alpha value is -1.44. The summed E-state index contributed by atoms with van der Waals surface area (Å²) in [5.41, 5.74) is 4.35. The molecule has 0 radical (unpaired) electrons. The van der Waals surface area contributed by atoms with Crippen molar-refractivity contribution in [2.75, 3.05) is 12.0 Å². The normalized spacial score (nSPS) is 10.9. The Kier molecular flexibility index (Phi) is 6.35. The summed E-state index contributed by atoms with van der Waals surface area (Å²) in [6, 6.07) is 5.53. The van der Waals surface area contributed by atoms with Gasteiger partial charge in [0.2, 0.25) is 5.13 Å². The fourth-order valence-electron chi connectivity index (χ4n) is 1.55. The van der Waals surface area contributed by atoms with Crippen LogP contribution in [0.2, 0.25) is 5.02 Å². The molecule has 0 spiro atoms. The molecule has 116 valence electrons. The third kappa shape index (κ3) is 5.08. The van der Waals surface area contributed by atoms with E-state index >= 15 is 0 Å². The summed E-state index contributed by atoms with van der Waals surface area (Å²) in [6.45, 7) is 2.14. The second kappa shape index (κ2) is 8.26. The van der Waals surface area contributed by atoms with Gasteiger partial charge in [-0.15, -0.1) is 11.3 Å². The van der Waals surface area contributed by atoms with Gasteiger partial charge in [-0.05, 0) is 40.5 Å². The molecule has 0 atom stereocenters. The van der Waals surface area contributed by atoms with Crippen LogP contribution >= 0.6 is 38.9 Å². The van der Waals surface area contributed by atoms with Crippen molar-refractivity contribution in [2.24, 2.45) is 5.10 Å². The van der Waals surface area contributed by atoms with E-state index in [4.69, 9.17) is 16.3 Å². The van der Waals surface area contributed by atoms with Crippen molar-refractivity contribution in [3.63, 3.8) is 0 Å². The van der Waals surface area contributed by atoms with E-state index in [9.17, 15) is 4.79 Å². The van der Waals surface area contributed by atoms with Crippen LogP contribution in [0.3, 0.4) is 0 Å². The summed E-state index contributed by atoms with van der Waals surface area (Å²) < 4.78 is 5.71. The van der Waals surface area contributed by atoms with E-state index < -0.39 is 0 Å². The molecule has 22 heavy (non-hydrogen) atoms. The van der Waals surface area contributed by atoms with Crippen LogP contribution in [0.1, 0.15) is 18.2 Å². The number of ether oxygens (including phenoxy) is 1. The molecule has 2 aromatic rings. The van der Waals surface area contributed by atoms with Crippen molar-refractivity contribution in [2.45, 2.75) is 13.3 Å². The van der Waals surface area contributed by atoms with Crippen molar-refractivity contribution in [1.82, 2.24) is 4.98 Å². The van der Waals surface area contributed by atoms with E-state index in [0.29, 0.717) is 22.5 Å². The van der Waals surface area contributed by atoms with Crippen molar-refractivity contribution < 1.29 is 9.53 Å². The zero-order valence-corrected chi connectivity index (χ0v) is 14.8. The minimum Gasteiger partial charge on any atom is -0.466 e. The largest absolute Gasteiger partial charge is 0.466 e. The molecule has 1 aromatic carbocycles. The molecule has 0 bridgehead atoms. The van der Waals surface area contributed by atoms with E-state index in [1.807, 2.05) is 12.1 Å². The third-order valence-electron chi connectivity index (χ3n) is 2.50. The lowest BCUT2D eigenvalue weighted by atomic mass is 10.2. The number of esters is 1. The minimum atomic E-state index is -0.285. The van der Waals surface area contributed by atoms with Gasteiger partial charge in [0.1, 0.15) is 0 Å². The van der Waals surface area contributed by atoms with Gasteiger partial charge in [-0.3, -0.25) is 10.2 Å². The Morgan fingerprint density at radius 1 is 1.59 bits per heavy atom. The maximum Gasteiger partial charge on any atom is 0.311 e. The molecule has 8 heteroatoms. The number of carbonyl (C=O) groups is 1. The summed E-state index contributed by atoms with van der Waals surface area (Å²) in [7, 11) is 0. The van der Waals surface area contributed by atoms with Gasteiger partial charge < -0.3 is 4.74 Å². The van der Waals surface area contributed by atoms with Gasteiger partial charge >= 0.3 is 5.97 Å². The van der Waals surface area contributed by atoms with E-state index in [1.54, 1.807) is 24.6 Å². The van der Waals surface area contributed by atoms with Gasteiger partial charge in [0.25, 0.3) is 0 Å². The first kappa shape index (κ1) is 16.9. The predicted octanol–water partition coefficient (Wildman–Crippen LogP) is 4.11. The molecule has 0 unspecified atom stereocenters. The molecule has 0 aliphatic rings. The molecule has 5 nitrogen and oxygen atoms in total. The Bertz CT molecular complexity index is 690. The number of halogens is 2. The SMILES string of the molecule is CCOC(=O)Cc1csc(NN=Cc2ccc(Br)c(Cl)c2)n1. The Balaban J connectivity index is 1.91. The number of hydrogen-bond acceptors (Lipinski definition) is 6. The molecule has 0 saturated carbocycles. The molecular weight excluding hydrogens is 390 g/mol. The second-order valence-electron chi connectivity index (χ2n) is 4.17. The number of aromatic nitrogens is 1. The number of rotatable bonds is 6. The fraction of sp³-hybridized carbons (Fsp3) is 0.214.